The van der Waals surface area contributed by atoms with E-state index >= 15 is 0 Å². The first-order valence-electron chi connectivity index (χ1n) is 7.55. The number of hydrogen-bond acceptors (Lipinski definition) is 4. The van der Waals surface area contributed by atoms with E-state index in [0.717, 1.165) is 35.1 Å². The lowest BCUT2D eigenvalue weighted by molar-refractivity contribution is 0.415. The Balaban J connectivity index is 1.60. The van der Waals surface area contributed by atoms with E-state index in [0.29, 0.717) is 0 Å². The van der Waals surface area contributed by atoms with Crippen LogP contribution < -0.4 is 10.1 Å². The molecule has 1 fully saturated rings. The van der Waals surface area contributed by atoms with Gasteiger partial charge in [-0.25, -0.2) is 4.68 Å². The summed E-state index contributed by atoms with van der Waals surface area (Å²) in [5.41, 5.74) is 4.12. The SMILES string of the molecule is COc1ccc2c(c1)nnn2-c1ccc(CNC2CC2)cc1. The molecule has 3 aromatic rings. The highest BCUT2D eigenvalue weighted by Crippen LogP contribution is 2.22. The summed E-state index contributed by atoms with van der Waals surface area (Å²) in [6.45, 7) is 0.931. The summed E-state index contributed by atoms with van der Waals surface area (Å²) in [6, 6.07) is 15.0. The smallest absolute Gasteiger partial charge is 0.121 e. The van der Waals surface area contributed by atoms with Crippen LogP contribution in [-0.2, 0) is 6.54 Å². The first kappa shape index (κ1) is 13.3. The van der Waals surface area contributed by atoms with Crippen molar-refractivity contribution in [3.63, 3.8) is 0 Å². The largest absolute Gasteiger partial charge is 0.497 e. The van der Waals surface area contributed by atoms with Crippen molar-refractivity contribution in [2.45, 2.75) is 25.4 Å². The maximum atomic E-state index is 5.22. The van der Waals surface area contributed by atoms with Crippen molar-refractivity contribution in [1.82, 2.24) is 20.3 Å². The van der Waals surface area contributed by atoms with Gasteiger partial charge in [0.2, 0.25) is 0 Å². The molecule has 112 valence electrons. The van der Waals surface area contributed by atoms with E-state index in [1.165, 1.54) is 18.4 Å². The third-order valence-electron chi connectivity index (χ3n) is 4.01. The molecule has 5 nitrogen and oxygen atoms in total. The highest BCUT2D eigenvalue weighted by atomic mass is 16.5. The number of rotatable bonds is 5. The van der Waals surface area contributed by atoms with E-state index in [-0.39, 0.29) is 0 Å². The minimum atomic E-state index is 0.730. The van der Waals surface area contributed by atoms with Crippen LogP contribution in [0.1, 0.15) is 18.4 Å². The fourth-order valence-electron chi connectivity index (χ4n) is 2.53. The summed E-state index contributed by atoms with van der Waals surface area (Å²) < 4.78 is 7.07. The molecule has 1 saturated carbocycles. The van der Waals surface area contributed by atoms with Crippen molar-refractivity contribution in [1.29, 1.82) is 0 Å². The molecule has 0 unspecified atom stereocenters. The molecule has 0 spiro atoms. The van der Waals surface area contributed by atoms with Crippen molar-refractivity contribution in [3.8, 4) is 11.4 Å². The third kappa shape index (κ3) is 2.55. The Morgan fingerprint density at radius 3 is 2.73 bits per heavy atom. The highest BCUT2D eigenvalue weighted by Gasteiger charge is 2.19. The molecule has 1 aromatic heterocycles. The minimum Gasteiger partial charge on any atom is -0.497 e. The lowest BCUT2D eigenvalue weighted by Crippen LogP contribution is -2.15. The number of benzene rings is 2. The van der Waals surface area contributed by atoms with Gasteiger partial charge in [0, 0.05) is 18.7 Å². The third-order valence-corrected chi connectivity index (χ3v) is 4.01. The molecule has 0 amide bonds. The van der Waals surface area contributed by atoms with E-state index in [9.17, 15) is 0 Å². The molecular weight excluding hydrogens is 276 g/mol. The first-order valence-corrected chi connectivity index (χ1v) is 7.55. The van der Waals surface area contributed by atoms with Crippen molar-refractivity contribution in [2.24, 2.45) is 0 Å². The summed E-state index contributed by atoms with van der Waals surface area (Å²) >= 11 is 0. The average Bonchev–Trinajstić information content (AvgIpc) is 3.31. The van der Waals surface area contributed by atoms with Gasteiger partial charge in [-0.15, -0.1) is 5.10 Å². The Bertz CT molecular complexity index is 790. The molecule has 1 N–H and O–H groups in total. The number of hydrogen-bond donors (Lipinski definition) is 1. The standard InChI is InChI=1S/C17H18N4O/c1-22-15-8-9-17-16(10-15)19-20-21(17)14-6-2-12(3-7-14)11-18-13-4-5-13/h2-3,6-10,13,18H,4-5,11H2,1H3. The molecule has 0 radical (unpaired) electrons. The number of nitrogens with zero attached hydrogens (tertiary/aromatic N) is 3. The number of methoxy groups -OCH3 is 1. The second-order valence-corrected chi connectivity index (χ2v) is 5.68. The Kier molecular flexibility index (Phi) is 3.27. The summed E-state index contributed by atoms with van der Waals surface area (Å²) in [5.74, 6) is 0.793. The molecule has 1 heterocycles. The summed E-state index contributed by atoms with van der Waals surface area (Å²) in [4.78, 5) is 0. The van der Waals surface area contributed by atoms with Gasteiger partial charge in [0.15, 0.2) is 0 Å². The molecule has 0 atom stereocenters. The maximum Gasteiger partial charge on any atom is 0.121 e. The van der Waals surface area contributed by atoms with Crippen molar-refractivity contribution < 1.29 is 4.74 Å². The molecule has 1 aliphatic carbocycles. The van der Waals surface area contributed by atoms with Gasteiger partial charge in [-0.3, -0.25) is 0 Å². The Labute approximate surface area is 128 Å². The molecule has 22 heavy (non-hydrogen) atoms. The second-order valence-electron chi connectivity index (χ2n) is 5.68. The number of fused-ring (bicyclic) bond motifs is 1. The van der Waals surface area contributed by atoms with Crippen molar-refractivity contribution in [3.05, 3.63) is 48.0 Å². The Morgan fingerprint density at radius 2 is 2.00 bits per heavy atom. The van der Waals surface area contributed by atoms with Gasteiger partial charge in [0.1, 0.15) is 11.3 Å². The lowest BCUT2D eigenvalue weighted by atomic mass is 10.2. The number of nitrogens with one attached hydrogen (secondary N) is 1. The quantitative estimate of drug-likeness (QED) is 0.786. The van der Waals surface area contributed by atoms with E-state index in [1.54, 1.807) is 7.11 Å². The monoisotopic (exact) mass is 294 g/mol. The van der Waals surface area contributed by atoms with Crippen LogP contribution in [0.2, 0.25) is 0 Å². The molecule has 4 rings (SSSR count). The van der Waals surface area contributed by atoms with Gasteiger partial charge in [0.05, 0.1) is 18.3 Å². The zero-order valence-corrected chi connectivity index (χ0v) is 12.5. The van der Waals surface area contributed by atoms with Gasteiger partial charge in [-0.2, -0.15) is 0 Å². The van der Waals surface area contributed by atoms with Crippen LogP contribution in [-0.4, -0.2) is 28.1 Å². The van der Waals surface area contributed by atoms with Crippen LogP contribution >= 0.6 is 0 Å². The van der Waals surface area contributed by atoms with Crippen molar-refractivity contribution >= 4 is 11.0 Å². The zero-order valence-electron chi connectivity index (χ0n) is 12.5. The molecule has 0 bridgehead atoms. The first-order chi connectivity index (χ1) is 10.8. The molecular formula is C17H18N4O. The van der Waals surface area contributed by atoms with Crippen LogP contribution in [0.25, 0.3) is 16.7 Å². The van der Waals surface area contributed by atoms with Crippen LogP contribution in [0.4, 0.5) is 0 Å². The molecule has 0 aliphatic heterocycles. The zero-order chi connectivity index (χ0) is 14.9. The van der Waals surface area contributed by atoms with E-state index in [2.05, 4.69) is 39.9 Å². The minimum absolute atomic E-state index is 0.730. The Hall–Kier alpha value is -2.40. The topological polar surface area (TPSA) is 52.0 Å². The lowest BCUT2D eigenvalue weighted by Gasteiger charge is -2.06. The molecule has 0 saturated heterocycles. The highest BCUT2D eigenvalue weighted by molar-refractivity contribution is 5.77. The fourth-order valence-corrected chi connectivity index (χ4v) is 2.53. The predicted octanol–water partition coefficient (Wildman–Crippen LogP) is 2.68. The van der Waals surface area contributed by atoms with E-state index in [1.807, 2.05) is 22.9 Å². The molecule has 2 aromatic carbocycles. The van der Waals surface area contributed by atoms with Gasteiger partial charge in [0.25, 0.3) is 0 Å². The number of aromatic nitrogens is 3. The fraction of sp³-hybridized carbons (Fsp3) is 0.294. The molecule has 1 aliphatic rings. The second kappa shape index (κ2) is 5.42. The normalized spacial score (nSPS) is 14.4. The summed E-state index contributed by atoms with van der Waals surface area (Å²) in [7, 11) is 1.65. The van der Waals surface area contributed by atoms with E-state index in [4.69, 9.17) is 4.74 Å². The van der Waals surface area contributed by atoms with Crippen molar-refractivity contribution in [2.75, 3.05) is 7.11 Å². The van der Waals surface area contributed by atoms with Crippen LogP contribution in [0.15, 0.2) is 42.5 Å². The maximum absolute atomic E-state index is 5.22. The molecule has 5 heteroatoms. The van der Waals surface area contributed by atoms with Gasteiger partial charge in [-0.1, -0.05) is 17.3 Å². The van der Waals surface area contributed by atoms with Gasteiger partial charge < -0.3 is 10.1 Å². The van der Waals surface area contributed by atoms with Gasteiger partial charge in [-0.05, 0) is 42.7 Å². The van der Waals surface area contributed by atoms with Crippen LogP contribution in [0.5, 0.6) is 5.75 Å². The number of ether oxygens (including phenoxy) is 1. The van der Waals surface area contributed by atoms with Gasteiger partial charge >= 0.3 is 0 Å². The summed E-state index contributed by atoms with van der Waals surface area (Å²) in [6.07, 6.45) is 2.62. The Morgan fingerprint density at radius 1 is 1.18 bits per heavy atom. The summed E-state index contributed by atoms with van der Waals surface area (Å²) in [5, 5.41) is 12.0. The van der Waals surface area contributed by atoms with Crippen LogP contribution in [0, 0.1) is 0 Å². The van der Waals surface area contributed by atoms with Crippen LogP contribution in [0.3, 0.4) is 0 Å². The predicted molar refractivity (Wildman–Crippen MR) is 85.3 cm³/mol. The van der Waals surface area contributed by atoms with E-state index < -0.39 is 0 Å². The average molecular weight is 294 g/mol.